The molecule has 0 spiro atoms. The first-order valence-corrected chi connectivity index (χ1v) is 4.62. The molecule has 0 aliphatic rings. The van der Waals surface area contributed by atoms with Crippen molar-refractivity contribution >= 4 is 17.3 Å². The summed E-state index contributed by atoms with van der Waals surface area (Å²) in [6.07, 6.45) is 0. The third-order valence-electron chi connectivity index (χ3n) is 1.96. The fraction of sp³-hybridized carbons (Fsp3) is 0.400. The van der Waals surface area contributed by atoms with E-state index in [9.17, 15) is 0 Å². The maximum Gasteiger partial charge on any atom is 0.0410 e. The van der Waals surface area contributed by atoms with E-state index in [2.05, 4.69) is 0 Å². The third-order valence-corrected chi connectivity index (χ3v) is 2.20. The van der Waals surface area contributed by atoms with Gasteiger partial charge in [-0.25, -0.2) is 0 Å². The van der Waals surface area contributed by atoms with Crippen molar-refractivity contribution in [3.63, 3.8) is 0 Å². The monoisotopic (exact) mass is 198 g/mol. The van der Waals surface area contributed by atoms with Gasteiger partial charge in [-0.2, -0.15) is 0 Å². The average Bonchev–Trinajstić information content (AvgIpc) is 2.03. The summed E-state index contributed by atoms with van der Waals surface area (Å²) in [7, 11) is 3.99. The predicted molar refractivity (Wildman–Crippen MR) is 58.4 cm³/mol. The highest BCUT2D eigenvalue weighted by Gasteiger charge is 2.08. The maximum absolute atomic E-state index is 5.89. The van der Waals surface area contributed by atoms with Crippen LogP contribution in [0.1, 0.15) is 18.5 Å². The van der Waals surface area contributed by atoms with Crippen molar-refractivity contribution in [2.75, 3.05) is 19.0 Å². The summed E-state index contributed by atoms with van der Waals surface area (Å²) in [6, 6.07) is 5.79. The lowest BCUT2D eigenvalue weighted by molar-refractivity contribution is 0.813. The third kappa shape index (κ3) is 2.36. The molecule has 0 aromatic heterocycles. The number of rotatable bonds is 2. The molecule has 3 heteroatoms. The first kappa shape index (κ1) is 10.4. The molecule has 1 aromatic carbocycles. The molecule has 0 amide bonds. The molecule has 1 aromatic rings. The Balaban J connectivity index is 3.19. The zero-order valence-electron chi connectivity index (χ0n) is 8.21. The summed E-state index contributed by atoms with van der Waals surface area (Å²) in [4.78, 5) is 2.04. The molecule has 0 saturated heterocycles. The fourth-order valence-corrected chi connectivity index (χ4v) is 1.48. The highest BCUT2D eigenvalue weighted by Crippen LogP contribution is 2.26. The molecule has 72 valence electrons. The zero-order valence-corrected chi connectivity index (χ0v) is 8.97. The van der Waals surface area contributed by atoms with Crippen molar-refractivity contribution in [2.45, 2.75) is 13.0 Å². The maximum atomic E-state index is 5.89. The predicted octanol–water partition coefficient (Wildman–Crippen LogP) is 2.43. The van der Waals surface area contributed by atoms with E-state index in [0.29, 0.717) is 0 Å². The molecule has 0 saturated carbocycles. The molecule has 0 bridgehead atoms. The number of nitrogens with zero attached hydrogens (tertiary/aromatic N) is 1. The molecule has 0 fully saturated rings. The summed E-state index contributed by atoms with van der Waals surface area (Å²) >= 11 is 5.89. The zero-order chi connectivity index (χ0) is 10.0. The molecule has 13 heavy (non-hydrogen) atoms. The van der Waals surface area contributed by atoms with E-state index in [1.807, 2.05) is 44.1 Å². The van der Waals surface area contributed by atoms with Crippen LogP contribution in [0.2, 0.25) is 5.02 Å². The summed E-state index contributed by atoms with van der Waals surface area (Å²) in [5, 5.41) is 0.734. The highest BCUT2D eigenvalue weighted by molar-refractivity contribution is 6.30. The van der Waals surface area contributed by atoms with Crippen LogP contribution in [0.4, 0.5) is 5.69 Å². The molecule has 1 unspecified atom stereocenters. The van der Waals surface area contributed by atoms with Crippen LogP contribution in [0.5, 0.6) is 0 Å². The van der Waals surface area contributed by atoms with Crippen LogP contribution in [-0.2, 0) is 0 Å². The molecule has 1 atom stereocenters. The van der Waals surface area contributed by atoms with Crippen molar-refractivity contribution in [2.24, 2.45) is 5.73 Å². The first-order chi connectivity index (χ1) is 6.02. The summed E-state index contributed by atoms with van der Waals surface area (Å²) < 4.78 is 0. The fourth-order valence-electron chi connectivity index (χ4n) is 1.30. The molecule has 1 rings (SSSR count). The Labute approximate surface area is 84.3 Å². The number of anilines is 1. The molecular weight excluding hydrogens is 184 g/mol. The van der Waals surface area contributed by atoms with Crippen LogP contribution in [0.3, 0.4) is 0 Å². The van der Waals surface area contributed by atoms with Crippen molar-refractivity contribution in [3.8, 4) is 0 Å². The number of halogens is 1. The average molecular weight is 199 g/mol. The molecule has 0 heterocycles. The van der Waals surface area contributed by atoms with Crippen molar-refractivity contribution < 1.29 is 0 Å². The summed E-state index contributed by atoms with van der Waals surface area (Å²) in [6.45, 7) is 1.96. The van der Waals surface area contributed by atoms with Gasteiger partial charge < -0.3 is 10.6 Å². The second-order valence-electron chi connectivity index (χ2n) is 3.39. The van der Waals surface area contributed by atoms with Gasteiger partial charge >= 0.3 is 0 Å². The number of hydrogen-bond donors (Lipinski definition) is 1. The minimum Gasteiger partial charge on any atom is -0.377 e. The Morgan fingerprint density at radius 1 is 1.38 bits per heavy atom. The normalized spacial score (nSPS) is 12.7. The number of nitrogens with two attached hydrogens (primary N) is 1. The Hall–Kier alpha value is -0.730. The molecule has 2 nitrogen and oxygen atoms in total. The van der Waals surface area contributed by atoms with E-state index < -0.39 is 0 Å². The van der Waals surface area contributed by atoms with Crippen LogP contribution < -0.4 is 10.6 Å². The van der Waals surface area contributed by atoms with Crippen LogP contribution >= 0.6 is 11.6 Å². The molecule has 0 aliphatic carbocycles. The molecule has 0 radical (unpaired) electrons. The standard InChI is InChI=1S/C10H15ClN2/c1-7(12)9-6-8(11)4-5-10(9)13(2)3/h4-7H,12H2,1-3H3. The second-order valence-corrected chi connectivity index (χ2v) is 3.82. The molecule has 0 aliphatic heterocycles. The lowest BCUT2D eigenvalue weighted by atomic mass is 10.1. The number of hydrogen-bond acceptors (Lipinski definition) is 2. The van der Waals surface area contributed by atoms with Gasteiger partial charge in [0.2, 0.25) is 0 Å². The van der Waals surface area contributed by atoms with Crippen molar-refractivity contribution in [1.29, 1.82) is 0 Å². The van der Waals surface area contributed by atoms with Gasteiger partial charge in [-0.3, -0.25) is 0 Å². The van der Waals surface area contributed by atoms with Gasteiger partial charge in [-0.15, -0.1) is 0 Å². The van der Waals surface area contributed by atoms with E-state index in [0.717, 1.165) is 16.3 Å². The van der Waals surface area contributed by atoms with Gasteiger partial charge in [-0.1, -0.05) is 11.6 Å². The Bertz CT molecular complexity index is 295. The second kappa shape index (κ2) is 3.99. The topological polar surface area (TPSA) is 29.3 Å². The van der Waals surface area contributed by atoms with Gasteiger partial charge in [0.05, 0.1) is 0 Å². The van der Waals surface area contributed by atoms with Gasteiger partial charge in [0.15, 0.2) is 0 Å². The summed E-state index contributed by atoms with van der Waals surface area (Å²) in [5.41, 5.74) is 8.04. The van der Waals surface area contributed by atoms with Crippen molar-refractivity contribution in [3.05, 3.63) is 28.8 Å². The van der Waals surface area contributed by atoms with Crippen LogP contribution in [0, 0.1) is 0 Å². The van der Waals surface area contributed by atoms with Gasteiger partial charge in [0.25, 0.3) is 0 Å². The first-order valence-electron chi connectivity index (χ1n) is 4.24. The Kier molecular flexibility index (Phi) is 3.17. The van der Waals surface area contributed by atoms with E-state index in [1.54, 1.807) is 0 Å². The lowest BCUT2D eigenvalue weighted by Gasteiger charge is -2.19. The van der Waals surface area contributed by atoms with Crippen molar-refractivity contribution in [1.82, 2.24) is 0 Å². The Morgan fingerprint density at radius 2 is 2.00 bits per heavy atom. The smallest absolute Gasteiger partial charge is 0.0410 e. The van der Waals surface area contributed by atoms with Gasteiger partial charge in [0, 0.05) is 30.8 Å². The molecule has 2 N–H and O–H groups in total. The Morgan fingerprint density at radius 3 is 2.46 bits per heavy atom. The van der Waals surface area contributed by atoms with Crippen LogP contribution in [-0.4, -0.2) is 14.1 Å². The largest absolute Gasteiger partial charge is 0.377 e. The summed E-state index contributed by atoms with van der Waals surface area (Å²) in [5.74, 6) is 0. The minimum atomic E-state index is 0.0103. The van der Waals surface area contributed by atoms with Crippen LogP contribution in [0.25, 0.3) is 0 Å². The van der Waals surface area contributed by atoms with Gasteiger partial charge in [0.1, 0.15) is 0 Å². The SMILES string of the molecule is CC(N)c1cc(Cl)ccc1N(C)C. The van der Waals surface area contributed by atoms with E-state index in [1.165, 1.54) is 0 Å². The quantitative estimate of drug-likeness (QED) is 0.791. The highest BCUT2D eigenvalue weighted by atomic mass is 35.5. The minimum absolute atomic E-state index is 0.0103. The van der Waals surface area contributed by atoms with Gasteiger partial charge in [-0.05, 0) is 30.7 Å². The molecular formula is C10H15ClN2. The lowest BCUT2D eigenvalue weighted by Crippen LogP contribution is -2.15. The van der Waals surface area contributed by atoms with E-state index >= 15 is 0 Å². The van der Waals surface area contributed by atoms with E-state index in [-0.39, 0.29) is 6.04 Å². The number of benzene rings is 1. The van der Waals surface area contributed by atoms with Crippen LogP contribution in [0.15, 0.2) is 18.2 Å². The van der Waals surface area contributed by atoms with E-state index in [4.69, 9.17) is 17.3 Å².